The normalized spacial score (nSPS) is 18.4. The third-order valence-electron chi connectivity index (χ3n) is 6.17. The van der Waals surface area contributed by atoms with Gasteiger partial charge in [-0.05, 0) is 54.4 Å². The molecule has 35 heavy (non-hydrogen) atoms. The molecule has 3 aromatic carbocycles. The molecule has 5 nitrogen and oxygen atoms in total. The van der Waals surface area contributed by atoms with Gasteiger partial charge in [-0.3, -0.25) is 9.69 Å². The molecule has 0 aromatic heterocycles. The molecule has 1 fully saturated rings. The van der Waals surface area contributed by atoms with Gasteiger partial charge in [0, 0.05) is 30.7 Å². The van der Waals surface area contributed by atoms with Gasteiger partial charge in [0.1, 0.15) is 11.6 Å². The summed E-state index contributed by atoms with van der Waals surface area (Å²) in [5, 5.41) is 0.618. The average Bonchev–Trinajstić information content (AvgIpc) is 2.87. The molecule has 3 aromatic rings. The SMILES string of the molecule is CC1CN(Cc2ccc(F)cc2)C(COCc2ccccc2)CN1C(=O)COc1ccc(Cl)cc1. The van der Waals surface area contributed by atoms with Crippen LogP contribution < -0.4 is 4.74 Å². The third-order valence-corrected chi connectivity index (χ3v) is 6.42. The summed E-state index contributed by atoms with van der Waals surface area (Å²) >= 11 is 5.93. The molecule has 0 aliphatic carbocycles. The van der Waals surface area contributed by atoms with Gasteiger partial charge in [0.25, 0.3) is 5.91 Å². The Morgan fingerprint density at radius 3 is 2.40 bits per heavy atom. The Morgan fingerprint density at radius 1 is 0.971 bits per heavy atom. The van der Waals surface area contributed by atoms with Gasteiger partial charge in [-0.25, -0.2) is 4.39 Å². The summed E-state index contributed by atoms with van der Waals surface area (Å²) in [5.41, 5.74) is 2.13. The van der Waals surface area contributed by atoms with Crippen LogP contribution in [0.3, 0.4) is 0 Å². The summed E-state index contributed by atoms with van der Waals surface area (Å²) in [5.74, 6) is 0.288. The fraction of sp³-hybridized carbons (Fsp3) is 0.321. The van der Waals surface area contributed by atoms with Gasteiger partial charge in [0.2, 0.25) is 0 Å². The van der Waals surface area contributed by atoms with Gasteiger partial charge >= 0.3 is 0 Å². The van der Waals surface area contributed by atoms with Crippen LogP contribution in [0.2, 0.25) is 5.02 Å². The third kappa shape index (κ3) is 7.28. The summed E-state index contributed by atoms with van der Waals surface area (Å²) in [6.07, 6.45) is 0. The summed E-state index contributed by atoms with van der Waals surface area (Å²) in [4.78, 5) is 17.2. The zero-order valence-corrected chi connectivity index (χ0v) is 20.5. The van der Waals surface area contributed by atoms with E-state index in [0.717, 1.165) is 11.1 Å². The predicted molar refractivity (Wildman–Crippen MR) is 135 cm³/mol. The molecular weight excluding hydrogens is 467 g/mol. The monoisotopic (exact) mass is 496 g/mol. The first-order valence-electron chi connectivity index (χ1n) is 11.8. The molecule has 184 valence electrons. The maximum atomic E-state index is 13.4. The summed E-state index contributed by atoms with van der Waals surface area (Å²) in [7, 11) is 0. The van der Waals surface area contributed by atoms with Crippen LogP contribution >= 0.6 is 11.6 Å². The van der Waals surface area contributed by atoms with Crippen molar-refractivity contribution in [3.8, 4) is 5.75 Å². The first kappa shape index (κ1) is 25.2. The highest BCUT2D eigenvalue weighted by atomic mass is 35.5. The van der Waals surface area contributed by atoms with Crippen LogP contribution in [-0.4, -0.2) is 54.1 Å². The molecule has 1 aliphatic rings. The fourth-order valence-electron chi connectivity index (χ4n) is 4.28. The van der Waals surface area contributed by atoms with Gasteiger partial charge in [-0.1, -0.05) is 54.1 Å². The Labute approximate surface area is 211 Å². The first-order chi connectivity index (χ1) is 17.0. The van der Waals surface area contributed by atoms with Gasteiger partial charge in [-0.15, -0.1) is 0 Å². The van der Waals surface area contributed by atoms with Crippen LogP contribution in [0, 0.1) is 5.82 Å². The van der Waals surface area contributed by atoms with E-state index in [-0.39, 0.29) is 30.4 Å². The molecule has 0 N–H and O–H groups in total. The Morgan fingerprint density at radius 2 is 1.69 bits per heavy atom. The van der Waals surface area contributed by atoms with E-state index in [2.05, 4.69) is 4.90 Å². The second-order valence-corrected chi connectivity index (χ2v) is 9.28. The molecule has 1 heterocycles. The molecule has 0 saturated carbocycles. The molecule has 0 radical (unpaired) electrons. The Hall–Kier alpha value is -2.93. The molecule has 4 rings (SSSR count). The zero-order valence-electron chi connectivity index (χ0n) is 19.8. The van der Waals surface area contributed by atoms with Crippen LogP contribution in [0.4, 0.5) is 4.39 Å². The van der Waals surface area contributed by atoms with Crippen molar-refractivity contribution in [1.82, 2.24) is 9.80 Å². The van der Waals surface area contributed by atoms with Gasteiger partial charge in [-0.2, -0.15) is 0 Å². The first-order valence-corrected chi connectivity index (χ1v) is 12.1. The molecule has 2 unspecified atom stereocenters. The number of hydrogen-bond acceptors (Lipinski definition) is 4. The number of hydrogen-bond donors (Lipinski definition) is 0. The van der Waals surface area contributed by atoms with E-state index in [0.29, 0.717) is 43.6 Å². The van der Waals surface area contributed by atoms with Gasteiger partial charge < -0.3 is 14.4 Å². The molecule has 1 amide bonds. The largest absolute Gasteiger partial charge is 0.484 e. The van der Waals surface area contributed by atoms with Crippen LogP contribution in [0.5, 0.6) is 5.75 Å². The molecule has 1 saturated heterocycles. The lowest BCUT2D eigenvalue weighted by Crippen LogP contribution is -2.60. The minimum atomic E-state index is -0.249. The van der Waals surface area contributed by atoms with Crippen molar-refractivity contribution in [2.45, 2.75) is 32.2 Å². The second-order valence-electron chi connectivity index (χ2n) is 8.85. The highest BCUT2D eigenvalue weighted by Crippen LogP contribution is 2.21. The summed E-state index contributed by atoms with van der Waals surface area (Å²) in [6, 6.07) is 23.6. The van der Waals surface area contributed by atoms with E-state index in [1.54, 1.807) is 36.4 Å². The smallest absolute Gasteiger partial charge is 0.260 e. The minimum absolute atomic E-state index is 0.000512. The number of halogens is 2. The highest BCUT2D eigenvalue weighted by molar-refractivity contribution is 6.30. The number of benzene rings is 3. The lowest BCUT2D eigenvalue weighted by Gasteiger charge is -2.45. The number of carbonyl (C=O) groups is 1. The quantitative estimate of drug-likeness (QED) is 0.409. The maximum absolute atomic E-state index is 13.4. The minimum Gasteiger partial charge on any atom is -0.484 e. The van der Waals surface area contributed by atoms with Crippen molar-refractivity contribution in [1.29, 1.82) is 0 Å². The van der Waals surface area contributed by atoms with Crippen LogP contribution in [0.15, 0.2) is 78.9 Å². The van der Waals surface area contributed by atoms with Crippen molar-refractivity contribution >= 4 is 17.5 Å². The molecular formula is C28H30ClFN2O3. The number of ether oxygens (including phenoxy) is 2. The fourth-order valence-corrected chi connectivity index (χ4v) is 4.41. The molecule has 0 bridgehead atoms. The molecule has 2 atom stereocenters. The number of amides is 1. The number of piperazine rings is 1. The number of rotatable bonds is 9. The van der Waals surface area contributed by atoms with E-state index in [1.807, 2.05) is 42.2 Å². The second kappa shape index (κ2) is 12.2. The van der Waals surface area contributed by atoms with Crippen molar-refractivity contribution in [2.75, 3.05) is 26.3 Å². The van der Waals surface area contributed by atoms with Crippen LogP contribution in [-0.2, 0) is 22.7 Å². The van der Waals surface area contributed by atoms with Crippen molar-refractivity contribution < 1.29 is 18.7 Å². The number of carbonyl (C=O) groups excluding carboxylic acids is 1. The van der Waals surface area contributed by atoms with E-state index < -0.39 is 0 Å². The standard InChI is InChI=1S/C28H30ClFN2O3/c1-21-15-31(16-22-7-11-25(30)12-8-22)26(19-34-18-23-5-3-2-4-6-23)17-32(21)28(33)20-35-27-13-9-24(29)10-14-27/h2-14,21,26H,15-20H2,1H3. The zero-order chi connectivity index (χ0) is 24.6. The molecule has 0 spiro atoms. The van der Waals surface area contributed by atoms with Crippen molar-refractivity contribution in [2.24, 2.45) is 0 Å². The van der Waals surface area contributed by atoms with Crippen LogP contribution in [0.1, 0.15) is 18.1 Å². The highest BCUT2D eigenvalue weighted by Gasteiger charge is 2.34. The molecule has 1 aliphatic heterocycles. The Bertz CT molecular complexity index is 1080. The van der Waals surface area contributed by atoms with Gasteiger partial charge in [0.05, 0.1) is 19.3 Å². The predicted octanol–water partition coefficient (Wildman–Crippen LogP) is 5.18. The maximum Gasteiger partial charge on any atom is 0.260 e. The lowest BCUT2D eigenvalue weighted by molar-refractivity contribution is -0.141. The summed E-state index contributed by atoms with van der Waals surface area (Å²) in [6.45, 7) is 4.85. The number of nitrogens with zero attached hydrogens (tertiary/aromatic N) is 2. The Balaban J connectivity index is 1.40. The van der Waals surface area contributed by atoms with Crippen molar-refractivity contribution in [3.63, 3.8) is 0 Å². The van der Waals surface area contributed by atoms with Crippen molar-refractivity contribution in [3.05, 3.63) is 101 Å². The Kier molecular flexibility index (Phi) is 8.74. The van der Waals surface area contributed by atoms with E-state index in [9.17, 15) is 9.18 Å². The lowest BCUT2D eigenvalue weighted by atomic mass is 10.1. The van der Waals surface area contributed by atoms with Gasteiger partial charge in [0.15, 0.2) is 6.61 Å². The summed E-state index contributed by atoms with van der Waals surface area (Å²) < 4.78 is 25.2. The van der Waals surface area contributed by atoms with E-state index in [4.69, 9.17) is 21.1 Å². The van der Waals surface area contributed by atoms with E-state index >= 15 is 0 Å². The topological polar surface area (TPSA) is 42.0 Å². The van der Waals surface area contributed by atoms with Crippen LogP contribution in [0.25, 0.3) is 0 Å². The van der Waals surface area contributed by atoms with E-state index in [1.165, 1.54) is 12.1 Å². The average molecular weight is 497 g/mol. The molecule has 7 heteroatoms.